The molecule has 1 aliphatic carbocycles. The molecule has 18 heavy (non-hydrogen) atoms. The Labute approximate surface area is 107 Å². The van der Waals surface area contributed by atoms with Gasteiger partial charge >= 0.3 is 5.97 Å². The number of nitrogens with one attached hydrogen (secondary N) is 1. The summed E-state index contributed by atoms with van der Waals surface area (Å²) in [6, 6.07) is 2.19. The van der Waals surface area contributed by atoms with Gasteiger partial charge in [0.25, 0.3) is 5.91 Å². The van der Waals surface area contributed by atoms with Gasteiger partial charge in [-0.25, -0.2) is 0 Å². The SMILES string of the molecule is CCCC(=O)OCC(=O)NC1(C#N)CCCCC1. The van der Waals surface area contributed by atoms with Crippen molar-refractivity contribution in [1.29, 1.82) is 5.26 Å². The van der Waals surface area contributed by atoms with Crippen molar-refractivity contribution in [3.8, 4) is 6.07 Å². The number of carbonyl (C=O) groups is 2. The highest BCUT2D eigenvalue weighted by Crippen LogP contribution is 2.27. The zero-order chi connectivity index (χ0) is 13.4. The van der Waals surface area contributed by atoms with Crippen LogP contribution in [0.2, 0.25) is 0 Å². The molecule has 1 aliphatic rings. The van der Waals surface area contributed by atoms with E-state index in [1.807, 2.05) is 6.92 Å². The molecule has 0 atom stereocenters. The monoisotopic (exact) mass is 252 g/mol. The average molecular weight is 252 g/mol. The molecule has 1 N–H and O–H groups in total. The molecular weight excluding hydrogens is 232 g/mol. The standard InChI is InChI=1S/C13H20N2O3/c1-2-6-12(17)18-9-11(16)15-13(10-14)7-4-3-5-8-13/h2-9H2,1H3,(H,15,16). The van der Waals surface area contributed by atoms with Crippen LogP contribution in [0.15, 0.2) is 0 Å². The van der Waals surface area contributed by atoms with E-state index in [4.69, 9.17) is 4.74 Å². The summed E-state index contributed by atoms with van der Waals surface area (Å²) in [4.78, 5) is 22.8. The van der Waals surface area contributed by atoms with E-state index in [-0.39, 0.29) is 18.5 Å². The Kier molecular flexibility index (Phi) is 5.63. The first kappa shape index (κ1) is 14.5. The number of nitriles is 1. The third kappa shape index (κ3) is 4.36. The lowest BCUT2D eigenvalue weighted by Gasteiger charge is -2.31. The summed E-state index contributed by atoms with van der Waals surface area (Å²) in [5.41, 5.74) is -0.757. The van der Waals surface area contributed by atoms with Crippen LogP contribution >= 0.6 is 0 Å². The van der Waals surface area contributed by atoms with Crippen LogP contribution < -0.4 is 5.32 Å². The fourth-order valence-electron chi connectivity index (χ4n) is 2.15. The molecule has 0 aromatic carbocycles. The molecule has 5 heteroatoms. The highest BCUT2D eigenvalue weighted by atomic mass is 16.5. The topological polar surface area (TPSA) is 79.2 Å². The Morgan fingerprint density at radius 1 is 1.33 bits per heavy atom. The third-order valence-electron chi connectivity index (χ3n) is 3.12. The molecule has 1 rings (SSSR count). The largest absolute Gasteiger partial charge is 0.456 e. The van der Waals surface area contributed by atoms with E-state index in [9.17, 15) is 14.9 Å². The van der Waals surface area contributed by atoms with Gasteiger partial charge in [-0.05, 0) is 19.3 Å². The molecule has 5 nitrogen and oxygen atoms in total. The molecule has 100 valence electrons. The number of rotatable bonds is 5. The number of hydrogen-bond donors (Lipinski definition) is 1. The number of nitrogens with zero attached hydrogens (tertiary/aromatic N) is 1. The van der Waals surface area contributed by atoms with E-state index in [1.165, 1.54) is 0 Å². The smallest absolute Gasteiger partial charge is 0.306 e. The second-order valence-electron chi connectivity index (χ2n) is 4.71. The summed E-state index contributed by atoms with van der Waals surface area (Å²) >= 11 is 0. The van der Waals surface area contributed by atoms with Crippen LogP contribution in [0.5, 0.6) is 0 Å². The van der Waals surface area contributed by atoms with Crippen LogP contribution in [0.3, 0.4) is 0 Å². The van der Waals surface area contributed by atoms with Crippen LogP contribution in [-0.4, -0.2) is 24.0 Å². The molecule has 0 aromatic heterocycles. The van der Waals surface area contributed by atoms with Crippen molar-refractivity contribution in [2.75, 3.05) is 6.61 Å². The molecule has 0 bridgehead atoms. The first-order valence-corrected chi connectivity index (χ1v) is 6.50. The summed E-state index contributed by atoms with van der Waals surface area (Å²) < 4.78 is 4.81. The number of ether oxygens (including phenoxy) is 1. The molecule has 1 fully saturated rings. The van der Waals surface area contributed by atoms with Gasteiger partial charge in [0.05, 0.1) is 6.07 Å². The van der Waals surface area contributed by atoms with E-state index in [0.29, 0.717) is 25.7 Å². The van der Waals surface area contributed by atoms with Crippen molar-refractivity contribution in [3.63, 3.8) is 0 Å². The first-order valence-electron chi connectivity index (χ1n) is 6.50. The normalized spacial score (nSPS) is 17.6. The Morgan fingerprint density at radius 3 is 2.56 bits per heavy atom. The average Bonchev–Trinajstić information content (AvgIpc) is 2.38. The minimum absolute atomic E-state index is 0.289. The van der Waals surface area contributed by atoms with Crippen molar-refractivity contribution in [2.24, 2.45) is 0 Å². The van der Waals surface area contributed by atoms with Gasteiger partial charge in [0.15, 0.2) is 6.61 Å². The van der Waals surface area contributed by atoms with Crippen LogP contribution in [0.4, 0.5) is 0 Å². The predicted octanol–water partition coefficient (Wildman–Crippen LogP) is 1.67. The van der Waals surface area contributed by atoms with E-state index in [2.05, 4.69) is 11.4 Å². The lowest BCUT2D eigenvalue weighted by Crippen LogP contribution is -2.50. The zero-order valence-electron chi connectivity index (χ0n) is 10.8. The molecular formula is C13H20N2O3. The Morgan fingerprint density at radius 2 is 2.00 bits per heavy atom. The van der Waals surface area contributed by atoms with Gasteiger partial charge in [-0.15, -0.1) is 0 Å². The van der Waals surface area contributed by atoms with Gasteiger partial charge in [-0.1, -0.05) is 26.2 Å². The molecule has 0 spiro atoms. The van der Waals surface area contributed by atoms with E-state index in [1.54, 1.807) is 0 Å². The number of amides is 1. The Balaban J connectivity index is 2.38. The fourth-order valence-corrected chi connectivity index (χ4v) is 2.15. The Bertz CT molecular complexity index is 341. The van der Waals surface area contributed by atoms with Crippen molar-refractivity contribution >= 4 is 11.9 Å². The van der Waals surface area contributed by atoms with Crippen molar-refractivity contribution in [2.45, 2.75) is 57.4 Å². The molecule has 1 saturated carbocycles. The quantitative estimate of drug-likeness (QED) is 0.755. The molecule has 0 saturated heterocycles. The third-order valence-corrected chi connectivity index (χ3v) is 3.12. The van der Waals surface area contributed by atoms with Gasteiger partial charge in [-0.2, -0.15) is 5.26 Å². The molecule has 0 aromatic rings. The molecule has 0 heterocycles. The predicted molar refractivity (Wildman–Crippen MR) is 65.4 cm³/mol. The minimum Gasteiger partial charge on any atom is -0.456 e. The lowest BCUT2D eigenvalue weighted by atomic mass is 9.83. The fraction of sp³-hybridized carbons (Fsp3) is 0.769. The molecule has 0 aliphatic heterocycles. The van der Waals surface area contributed by atoms with Crippen LogP contribution in [0.25, 0.3) is 0 Å². The highest BCUT2D eigenvalue weighted by Gasteiger charge is 2.33. The summed E-state index contributed by atoms with van der Waals surface area (Å²) in [6.45, 7) is 1.58. The van der Waals surface area contributed by atoms with Gasteiger partial charge < -0.3 is 10.1 Å². The maximum absolute atomic E-state index is 11.6. The number of hydrogen-bond acceptors (Lipinski definition) is 4. The van der Waals surface area contributed by atoms with E-state index >= 15 is 0 Å². The van der Waals surface area contributed by atoms with Crippen molar-refractivity contribution in [3.05, 3.63) is 0 Å². The Hall–Kier alpha value is -1.57. The number of esters is 1. The number of carbonyl (C=O) groups excluding carboxylic acids is 2. The maximum Gasteiger partial charge on any atom is 0.306 e. The van der Waals surface area contributed by atoms with Gasteiger partial charge in [0, 0.05) is 6.42 Å². The first-order chi connectivity index (χ1) is 8.62. The maximum atomic E-state index is 11.6. The zero-order valence-corrected chi connectivity index (χ0v) is 10.8. The van der Waals surface area contributed by atoms with Gasteiger partial charge in [0.2, 0.25) is 0 Å². The van der Waals surface area contributed by atoms with Crippen molar-refractivity contribution < 1.29 is 14.3 Å². The van der Waals surface area contributed by atoms with E-state index in [0.717, 1.165) is 19.3 Å². The molecule has 0 radical (unpaired) electrons. The summed E-state index contributed by atoms with van der Waals surface area (Å²) in [5, 5.41) is 11.9. The summed E-state index contributed by atoms with van der Waals surface area (Å²) in [6.07, 6.45) is 5.37. The second kappa shape index (κ2) is 7.00. The van der Waals surface area contributed by atoms with Crippen LogP contribution in [0.1, 0.15) is 51.9 Å². The molecule has 1 amide bonds. The summed E-state index contributed by atoms with van der Waals surface area (Å²) in [5.74, 6) is -0.759. The van der Waals surface area contributed by atoms with Gasteiger partial charge in [0.1, 0.15) is 5.54 Å². The van der Waals surface area contributed by atoms with Gasteiger partial charge in [-0.3, -0.25) is 9.59 Å². The minimum atomic E-state index is -0.757. The lowest BCUT2D eigenvalue weighted by molar-refractivity contribution is -0.149. The van der Waals surface area contributed by atoms with Crippen molar-refractivity contribution in [1.82, 2.24) is 5.32 Å². The van der Waals surface area contributed by atoms with Crippen LogP contribution in [-0.2, 0) is 14.3 Å². The summed E-state index contributed by atoms with van der Waals surface area (Å²) in [7, 11) is 0. The van der Waals surface area contributed by atoms with E-state index < -0.39 is 5.54 Å². The second-order valence-corrected chi connectivity index (χ2v) is 4.71. The van der Waals surface area contributed by atoms with Crippen LogP contribution in [0, 0.1) is 11.3 Å². The molecule has 0 unspecified atom stereocenters. The highest BCUT2D eigenvalue weighted by molar-refractivity contribution is 5.81.